The molecule has 2 aromatic carbocycles. The zero-order valence-corrected chi connectivity index (χ0v) is 13.5. The summed E-state index contributed by atoms with van der Waals surface area (Å²) in [7, 11) is 0. The van der Waals surface area contributed by atoms with Crippen molar-refractivity contribution >= 4 is 26.9 Å². The Morgan fingerprint density at radius 2 is 1.83 bits per heavy atom. The summed E-state index contributed by atoms with van der Waals surface area (Å²) in [5, 5.41) is 0.382. The van der Waals surface area contributed by atoms with E-state index in [1.807, 2.05) is 0 Å². The molecule has 6 heteroatoms. The van der Waals surface area contributed by atoms with Crippen molar-refractivity contribution in [3.63, 3.8) is 0 Å². The summed E-state index contributed by atoms with van der Waals surface area (Å²) in [6.07, 6.45) is -4.45. The fourth-order valence-corrected chi connectivity index (χ4v) is 2.73. The molecule has 0 saturated carbocycles. The fraction of sp³-hybridized carbons (Fsp3) is 0.118. The monoisotopic (exact) mass is 382 g/mol. The van der Waals surface area contributed by atoms with Crippen LogP contribution in [0.5, 0.6) is 0 Å². The van der Waals surface area contributed by atoms with Gasteiger partial charge in [0.15, 0.2) is 5.43 Å². The van der Waals surface area contributed by atoms with Gasteiger partial charge in [-0.2, -0.15) is 13.2 Å². The first kappa shape index (κ1) is 15.8. The lowest BCUT2D eigenvalue weighted by Crippen LogP contribution is -2.08. The normalized spacial score (nSPS) is 11.9. The Labute approximate surface area is 137 Å². The van der Waals surface area contributed by atoms with E-state index in [1.165, 1.54) is 12.1 Å². The van der Waals surface area contributed by atoms with Crippen molar-refractivity contribution in [2.75, 3.05) is 0 Å². The number of hydrogen-bond donors (Lipinski definition) is 0. The molecule has 3 rings (SSSR count). The third-order valence-corrected chi connectivity index (χ3v) is 4.02. The van der Waals surface area contributed by atoms with E-state index in [0.717, 1.165) is 16.6 Å². The first-order chi connectivity index (χ1) is 10.8. The van der Waals surface area contributed by atoms with E-state index in [2.05, 4.69) is 15.9 Å². The summed E-state index contributed by atoms with van der Waals surface area (Å²) in [5.41, 5.74) is -0.224. The highest BCUT2D eigenvalue weighted by Crippen LogP contribution is 2.33. The second kappa shape index (κ2) is 5.53. The number of alkyl halides is 3. The molecule has 23 heavy (non-hydrogen) atoms. The van der Waals surface area contributed by atoms with E-state index in [4.69, 9.17) is 4.42 Å². The van der Waals surface area contributed by atoms with Crippen LogP contribution in [-0.2, 0) is 6.18 Å². The Morgan fingerprint density at radius 1 is 1.09 bits per heavy atom. The number of benzene rings is 2. The maximum absolute atomic E-state index is 12.9. The first-order valence-electron chi connectivity index (χ1n) is 6.68. The molecule has 0 aliphatic rings. The third-order valence-electron chi connectivity index (χ3n) is 3.53. The van der Waals surface area contributed by atoms with Gasteiger partial charge in [-0.25, -0.2) is 0 Å². The van der Waals surface area contributed by atoms with Crippen LogP contribution in [0.25, 0.3) is 22.3 Å². The predicted octanol–water partition coefficient (Wildman–Crippen LogP) is 5.55. The highest BCUT2D eigenvalue weighted by atomic mass is 79.9. The molecule has 0 aliphatic carbocycles. The van der Waals surface area contributed by atoms with Crippen LogP contribution in [0.2, 0.25) is 0 Å². The summed E-state index contributed by atoms with van der Waals surface area (Å²) in [6, 6.07) is 9.69. The quantitative estimate of drug-likeness (QED) is 0.552. The van der Waals surface area contributed by atoms with Gasteiger partial charge in [0.2, 0.25) is 0 Å². The summed E-state index contributed by atoms with van der Waals surface area (Å²) in [5.74, 6) is 0.149. The Kier molecular flexibility index (Phi) is 3.80. The van der Waals surface area contributed by atoms with Gasteiger partial charge in [0.05, 0.1) is 10.9 Å². The Hall–Kier alpha value is -2.08. The zero-order valence-electron chi connectivity index (χ0n) is 11.9. The van der Waals surface area contributed by atoms with Crippen molar-refractivity contribution < 1.29 is 17.6 Å². The zero-order chi connectivity index (χ0) is 16.8. The molecule has 3 aromatic rings. The lowest BCUT2D eigenvalue weighted by atomic mass is 10.0. The molecular formula is C17H10BrF3O2. The Bertz CT molecular complexity index is 958. The topological polar surface area (TPSA) is 30.2 Å². The molecule has 118 valence electrons. The molecule has 0 spiro atoms. The largest absolute Gasteiger partial charge is 0.456 e. The van der Waals surface area contributed by atoms with Gasteiger partial charge < -0.3 is 4.42 Å². The van der Waals surface area contributed by atoms with E-state index in [-0.39, 0.29) is 22.3 Å². The summed E-state index contributed by atoms with van der Waals surface area (Å²) in [6.45, 7) is 1.54. The second-order valence-corrected chi connectivity index (χ2v) is 6.02. The maximum atomic E-state index is 12.9. The summed E-state index contributed by atoms with van der Waals surface area (Å²) < 4.78 is 45.0. The third kappa shape index (κ3) is 2.91. The molecule has 0 radical (unpaired) electrons. The van der Waals surface area contributed by atoms with Gasteiger partial charge in [-0.15, -0.1) is 0 Å². The number of halogens is 4. The van der Waals surface area contributed by atoms with E-state index in [9.17, 15) is 18.0 Å². The lowest BCUT2D eigenvalue weighted by molar-refractivity contribution is -0.137. The van der Waals surface area contributed by atoms with Crippen molar-refractivity contribution in [2.24, 2.45) is 0 Å². The highest BCUT2D eigenvalue weighted by Gasteiger charge is 2.30. The number of fused-ring (bicyclic) bond motifs is 1. The minimum atomic E-state index is -4.45. The molecular weight excluding hydrogens is 373 g/mol. The van der Waals surface area contributed by atoms with Gasteiger partial charge in [0.25, 0.3) is 0 Å². The average Bonchev–Trinajstić information content (AvgIpc) is 2.50. The molecule has 1 heterocycles. The average molecular weight is 383 g/mol. The van der Waals surface area contributed by atoms with Crippen molar-refractivity contribution in [3.8, 4) is 11.3 Å². The SMILES string of the molecule is Cc1c(-c2cccc(C(F)(F)F)c2)oc2ccc(Br)cc2c1=O. The number of hydrogen-bond acceptors (Lipinski definition) is 2. The molecule has 2 nitrogen and oxygen atoms in total. The molecule has 0 unspecified atom stereocenters. The van der Waals surface area contributed by atoms with Crippen LogP contribution in [-0.4, -0.2) is 0 Å². The van der Waals surface area contributed by atoms with Crippen LogP contribution in [0.4, 0.5) is 13.2 Å². The standard InChI is InChI=1S/C17H10BrF3O2/c1-9-15(22)13-8-12(18)5-6-14(13)23-16(9)10-3-2-4-11(7-10)17(19,20)21/h2-8H,1H3. The molecule has 0 amide bonds. The number of rotatable bonds is 1. The lowest BCUT2D eigenvalue weighted by Gasteiger charge is -2.10. The first-order valence-corrected chi connectivity index (χ1v) is 7.47. The minimum Gasteiger partial charge on any atom is -0.456 e. The molecule has 0 aliphatic heterocycles. The van der Waals surface area contributed by atoms with Gasteiger partial charge >= 0.3 is 6.18 Å². The van der Waals surface area contributed by atoms with Crippen LogP contribution >= 0.6 is 15.9 Å². The summed E-state index contributed by atoms with van der Waals surface area (Å²) >= 11 is 3.28. The molecule has 0 fully saturated rings. The van der Waals surface area contributed by atoms with Crippen molar-refractivity contribution in [2.45, 2.75) is 13.1 Å². The van der Waals surface area contributed by atoms with E-state index in [1.54, 1.807) is 25.1 Å². The van der Waals surface area contributed by atoms with Crippen LogP contribution in [0.1, 0.15) is 11.1 Å². The van der Waals surface area contributed by atoms with Gasteiger partial charge in [0, 0.05) is 15.6 Å². The van der Waals surface area contributed by atoms with E-state index < -0.39 is 11.7 Å². The van der Waals surface area contributed by atoms with Gasteiger partial charge in [0.1, 0.15) is 11.3 Å². The summed E-state index contributed by atoms with van der Waals surface area (Å²) in [4.78, 5) is 12.5. The Morgan fingerprint density at radius 3 is 2.52 bits per heavy atom. The van der Waals surface area contributed by atoms with Crippen molar-refractivity contribution in [1.29, 1.82) is 0 Å². The second-order valence-electron chi connectivity index (χ2n) is 5.10. The molecule has 0 bridgehead atoms. The van der Waals surface area contributed by atoms with Crippen LogP contribution in [0, 0.1) is 6.92 Å². The fourth-order valence-electron chi connectivity index (χ4n) is 2.37. The van der Waals surface area contributed by atoms with Crippen LogP contribution in [0.3, 0.4) is 0 Å². The van der Waals surface area contributed by atoms with Crippen molar-refractivity contribution in [1.82, 2.24) is 0 Å². The highest BCUT2D eigenvalue weighted by molar-refractivity contribution is 9.10. The van der Waals surface area contributed by atoms with Crippen molar-refractivity contribution in [3.05, 3.63) is 68.3 Å². The van der Waals surface area contributed by atoms with E-state index in [0.29, 0.717) is 11.0 Å². The molecule has 0 saturated heterocycles. The van der Waals surface area contributed by atoms with Gasteiger partial charge in [-0.05, 0) is 37.3 Å². The van der Waals surface area contributed by atoms with Gasteiger partial charge in [-0.3, -0.25) is 4.79 Å². The smallest absolute Gasteiger partial charge is 0.416 e. The molecule has 0 N–H and O–H groups in total. The Balaban J connectivity index is 2.27. The van der Waals surface area contributed by atoms with E-state index >= 15 is 0 Å². The molecule has 1 aromatic heterocycles. The predicted molar refractivity (Wildman–Crippen MR) is 85.4 cm³/mol. The minimum absolute atomic E-state index is 0.149. The maximum Gasteiger partial charge on any atom is 0.416 e. The van der Waals surface area contributed by atoms with Crippen LogP contribution < -0.4 is 5.43 Å². The van der Waals surface area contributed by atoms with Gasteiger partial charge in [-0.1, -0.05) is 28.1 Å². The van der Waals surface area contributed by atoms with Crippen LogP contribution in [0.15, 0.2) is 56.1 Å². The molecule has 0 atom stereocenters.